The number of ether oxygens (including phenoxy) is 1. The molecule has 0 amide bonds. The van der Waals surface area contributed by atoms with Crippen LogP contribution in [0.25, 0.3) is 0 Å². The van der Waals surface area contributed by atoms with Crippen molar-refractivity contribution in [3.05, 3.63) is 87.8 Å². The molecule has 7 heteroatoms. The molecule has 1 unspecified atom stereocenters. The molecule has 1 atom stereocenters. The maximum absolute atomic E-state index is 13.2. The van der Waals surface area contributed by atoms with Crippen molar-refractivity contribution in [2.45, 2.75) is 48.2 Å². The maximum atomic E-state index is 13.2. The molecule has 0 bridgehead atoms. The summed E-state index contributed by atoms with van der Waals surface area (Å²) in [7, 11) is 0. The SMILES string of the molecule is CC1Cc2nc(SCC(=O)OCc3ccccc3)n(CCc3ccccc3)c(=O)c2S1. The summed E-state index contributed by atoms with van der Waals surface area (Å²) in [6.45, 7) is 2.88. The van der Waals surface area contributed by atoms with E-state index in [0.29, 0.717) is 17.0 Å². The summed E-state index contributed by atoms with van der Waals surface area (Å²) in [5.74, 6) is -0.201. The zero-order valence-electron chi connectivity index (χ0n) is 17.3. The van der Waals surface area contributed by atoms with E-state index < -0.39 is 0 Å². The zero-order chi connectivity index (χ0) is 21.6. The summed E-state index contributed by atoms with van der Waals surface area (Å²) in [6, 6.07) is 19.7. The first-order valence-corrected chi connectivity index (χ1v) is 12.1. The van der Waals surface area contributed by atoms with Crippen LogP contribution in [0.5, 0.6) is 0 Å². The lowest BCUT2D eigenvalue weighted by atomic mass is 10.1. The Morgan fingerprint density at radius 3 is 2.52 bits per heavy atom. The van der Waals surface area contributed by atoms with Gasteiger partial charge in [0.25, 0.3) is 5.56 Å². The molecule has 4 rings (SSSR count). The molecule has 0 saturated heterocycles. The van der Waals surface area contributed by atoms with Crippen molar-refractivity contribution in [3.63, 3.8) is 0 Å². The number of rotatable bonds is 8. The van der Waals surface area contributed by atoms with Gasteiger partial charge in [0.15, 0.2) is 5.16 Å². The van der Waals surface area contributed by atoms with Crippen molar-refractivity contribution < 1.29 is 9.53 Å². The molecule has 160 valence electrons. The quantitative estimate of drug-likeness (QED) is 0.288. The van der Waals surface area contributed by atoms with Crippen molar-refractivity contribution in [2.24, 2.45) is 0 Å². The van der Waals surface area contributed by atoms with Gasteiger partial charge in [-0.05, 0) is 17.5 Å². The second kappa shape index (κ2) is 10.2. The van der Waals surface area contributed by atoms with Gasteiger partial charge in [0.1, 0.15) is 6.61 Å². The van der Waals surface area contributed by atoms with E-state index in [4.69, 9.17) is 9.72 Å². The lowest BCUT2D eigenvalue weighted by Crippen LogP contribution is -2.26. The second-order valence-electron chi connectivity index (χ2n) is 7.43. The van der Waals surface area contributed by atoms with Gasteiger partial charge >= 0.3 is 5.97 Å². The third-order valence-corrected chi connectivity index (χ3v) is 7.16. The van der Waals surface area contributed by atoms with Gasteiger partial charge in [0, 0.05) is 18.2 Å². The first kappa shape index (κ1) is 21.7. The van der Waals surface area contributed by atoms with Crippen LogP contribution in [0.3, 0.4) is 0 Å². The van der Waals surface area contributed by atoms with Crippen molar-refractivity contribution in [1.29, 1.82) is 0 Å². The second-order valence-corrected chi connectivity index (χ2v) is 9.82. The van der Waals surface area contributed by atoms with Crippen molar-refractivity contribution in [3.8, 4) is 0 Å². The third kappa shape index (κ3) is 5.60. The van der Waals surface area contributed by atoms with E-state index >= 15 is 0 Å². The molecule has 1 aliphatic heterocycles. The molecule has 3 aromatic rings. The molecule has 2 aromatic carbocycles. The zero-order valence-corrected chi connectivity index (χ0v) is 19.0. The molecular formula is C24H24N2O3S2. The highest BCUT2D eigenvalue weighted by molar-refractivity contribution is 8.00. The number of thioether (sulfide) groups is 2. The van der Waals surface area contributed by atoms with Gasteiger partial charge < -0.3 is 4.74 Å². The van der Waals surface area contributed by atoms with Crippen LogP contribution in [0.2, 0.25) is 0 Å². The van der Waals surface area contributed by atoms with E-state index in [1.54, 1.807) is 16.3 Å². The van der Waals surface area contributed by atoms with Gasteiger partial charge in [-0.3, -0.25) is 14.2 Å². The van der Waals surface area contributed by atoms with Gasteiger partial charge in [0.05, 0.1) is 16.3 Å². The van der Waals surface area contributed by atoms with Gasteiger partial charge in [0.2, 0.25) is 0 Å². The van der Waals surface area contributed by atoms with Gasteiger partial charge in [-0.1, -0.05) is 79.3 Å². The minimum absolute atomic E-state index is 0.00423. The topological polar surface area (TPSA) is 61.2 Å². The number of hydrogen-bond donors (Lipinski definition) is 0. The Balaban J connectivity index is 1.47. The summed E-state index contributed by atoms with van der Waals surface area (Å²) in [4.78, 5) is 31.0. The number of hydrogen-bond acceptors (Lipinski definition) is 6. The molecule has 5 nitrogen and oxygen atoms in total. The molecule has 0 fully saturated rings. The summed E-state index contributed by atoms with van der Waals surface area (Å²) < 4.78 is 7.09. The van der Waals surface area contributed by atoms with Gasteiger partial charge in [-0.25, -0.2) is 4.98 Å². The minimum atomic E-state index is -0.319. The van der Waals surface area contributed by atoms with E-state index in [1.165, 1.54) is 11.8 Å². The number of carbonyl (C=O) groups excluding carboxylic acids is 1. The normalized spacial score (nSPS) is 14.9. The van der Waals surface area contributed by atoms with Crippen LogP contribution in [0.15, 0.2) is 75.5 Å². The molecule has 0 saturated carbocycles. The molecule has 0 spiro atoms. The summed E-state index contributed by atoms with van der Waals surface area (Å²) in [5.41, 5.74) is 2.95. The summed E-state index contributed by atoms with van der Waals surface area (Å²) in [5, 5.41) is 0.930. The monoisotopic (exact) mass is 452 g/mol. The highest BCUT2D eigenvalue weighted by Gasteiger charge is 2.26. The molecule has 1 aromatic heterocycles. The third-order valence-electron chi connectivity index (χ3n) is 4.99. The molecule has 0 radical (unpaired) electrons. The first-order valence-electron chi connectivity index (χ1n) is 10.3. The van der Waals surface area contributed by atoms with Crippen molar-refractivity contribution in [2.75, 3.05) is 5.75 Å². The lowest BCUT2D eigenvalue weighted by molar-refractivity contribution is -0.141. The van der Waals surface area contributed by atoms with E-state index in [9.17, 15) is 9.59 Å². The number of esters is 1. The van der Waals surface area contributed by atoms with Crippen LogP contribution in [-0.4, -0.2) is 26.5 Å². The Bertz CT molecular complexity index is 1100. The van der Waals surface area contributed by atoms with Crippen molar-refractivity contribution >= 4 is 29.5 Å². The number of benzene rings is 2. The number of aryl methyl sites for hydroxylation is 1. The van der Waals surface area contributed by atoms with Gasteiger partial charge in [-0.2, -0.15) is 0 Å². The average Bonchev–Trinajstić information content (AvgIpc) is 3.17. The van der Waals surface area contributed by atoms with Crippen LogP contribution < -0.4 is 5.56 Å². The number of carbonyl (C=O) groups is 1. The fourth-order valence-corrected chi connectivity index (χ4v) is 5.38. The largest absolute Gasteiger partial charge is 0.460 e. The highest BCUT2D eigenvalue weighted by atomic mass is 32.2. The first-order chi connectivity index (χ1) is 15.1. The Morgan fingerprint density at radius 2 is 1.81 bits per heavy atom. The summed E-state index contributed by atoms with van der Waals surface area (Å²) >= 11 is 2.87. The fraction of sp³-hybridized carbons (Fsp3) is 0.292. The van der Waals surface area contributed by atoms with Crippen LogP contribution in [0.4, 0.5) is 0 Å². The molecule has 0 aliphatic carbocycles. The molecular weight excluding hydrogens is 428 g/mol. The van der Waals surface area contributed by atoms with Crippen LogP contribution in [-0.2, 0) is 35.5 Å². The van der Waals surface area contributed by atoms with Crippen LogP contribution >= 0.6 is 23.5 Å². The predicted molar refractivity (Wildman–Crippen MR) is 125 cm³/mol. The smallest absolute Gasteiger partial charge is 0.316 e. The number of aromatic nitrogens is 2. The highest BCUT2D eigenvalue weighted by Crippen LogP contribution is 2.34. The number of fused-ring (bicyclic) bond motifs is 1. The predicted octanol–water partition coefficient (Wildman–Crippen LogP) is 4.36. The molecule has 1 aliphatic rings. The van der Waals surface area contributed by atoms with Crippen LogP contribution in [0.1, 0.15) is 23.7 Å². The van der Waals surface area contributed by atoms with E-state index in [1.807, 2.05) is 48.5 Å². The van der Waals surface area contributed by atoms with E-state index in [0.717, 1.165) is 34.6 Å². The van der Waals surface area contributed by atoms with Crippen molar-refractivity contribution in [1.82, 2.24) is 9.55 Å². The molecule has 0 N–H and O–H groups in total. The Morgan fingerprint density at radius 1 is 1.13 bits per heavy atom. The summed E-state index contributed by atoms with van der Waals surface area (Å²) in [6.07, 6.45) is 1.51. The minimum Gasteiger partial charge on any atom is -0.460 e. The Labute approximate surface area is 190 Å². The van der Waals surface area contributed by atoms with E-state index in [-0.39, 0.29) is 23.9 Å². The lowest BCUT2D eigenvalue weighted by Gasteiger charge is -2.13. The standard InChI is InChI=1S/C24H24N2O3S2/c1-17-14-20-22(31-17)23(28)26(13-12-18-8-4-2-5-9-18)24(25-20)30-16-21(27)29-15-19-10-6-3-7-11-19/h2-11,17H,12-16H2,1H3. The van der Waals surface area contributed by atoms with Crippen LogP contribution in [0, 0.1) is 0 Å². The van der Waals surface area contributed by atoms with Gasteiger partial charge in [-0.15, -0.1) is 11.8 Å². The molecule has 31 heavy (non-hydrogen) atoms. The Hall–Kier alpha value is -2.51. The Kier molecular flexibility index (Phi) is 7.14. The van der Waals surface area contributed by atoms with E-state index in [2.05, 4.69) is 19.1 Å². The number of nitrogens with zero attached hydrogens (tertiary/aromatic N) is 2. The average molecular weight is 453 g/mol. The molecule has 2 heterocycles. The maximum Gasteiger partial charge on any atom is 0.316 e. The fourth-order valence-electron chi connectivity index (χ4n) is 3.43.